The van der Waals surface area contributed by atoms with Crippen molar-refractivity contribution in [2.75, 3.05) is 32.8 Å². The molecule has 1 N–H and O–H groups in total. The van der Waals surface area contributed by atoms with Gasteiger partial charge >= 0.3 is 0 Å². The summed E-state index contributed by atoms with van der Waals surface area (Å²) >= 11 is 1.62. The second-order valence-electron chi connectivity index (χ2n) is 6.71. The average Bonchev–Trinajstić information content (AvgIpc) is 3.10. The summed E-state index contributed by atoms with van der Waals surface area (Å²) in [5, 5.41) is 6.29. The molecule has 1 unspecified atom stereocenters. The van der Waals surface area contributed by atoms with E-state index < -0.39 is 0 Å². The number of aromatic nitrogens is 1. The first-order valence-electron chi connectivity index (χ1n) is 9.23. The maximum Gasteiger partial charge on any atom is 0.226 e. The summed E-state index contributed by atoms with van der Waals surface area (Å²) in [6, 6.07) is 8.39. The normalized spacial score (nSPS) is 16.4. The van der Waals surface area contributed by atoms with E-state index in [1.165, 1.54) is 5.56 Å². The van der Waals surface area contributed by atoms with Gasteiger partial charge in [-0.15, -0.1) is 11.3 Å². The molecule has 5 nitrogen and oxygen atoms in total. The first kappa shape index (κ1) is 19.0. The molecule has 6 heteroatoms. The summed E-state index contributed by atoms with van der Waals surface area (Å²) in [5.74, 6) is 0.0248. The zero-order chi connectivity index (χ0) is 18.4. The van der Waals surface area contributed by atoms with Crippen LogP contribution in [0.4, 0.5) is 0 Å². The van der Waals surface area contributed by atoms with Gasteiger partial charge in [0.2, 0.25) is 5.91 Å². The summed E-state index contributed by atoms with van der Waals surface area (Å²) in [5.41, 5.74) is 3.22. The molecule has 2 heterocycles. The number of rotatable bonds is 7. The summed E-state index contributed by atoms with van der Waals surface area (Å²) in [6.07, 6.45) is 1.25. The fraction of sp³-hybridized carbons (Fsp3) is 0.500. The second-order valence-corrected chi connectivity index (χ2v) is 7.65. The monoisotopic (exact) mass is 373 g/mol. The molecule has 140 valence electrons. The molecule has 1 atom stereocenters. The van der Waals surface area contributed by atoms with Crippen LogP contribution in [-0.2, 0) is 22.4 Å². The van der Waals surface area contributed by atoms with Gasteiger partial charge in [0.25, 0.3) is 0 Å². The van der Waals surface area contributed by atoms with Crippen LogP contribution in [0.2, 0.25) is 0 Å². The third-order valence-corrected chi connectivity index (χ3v) is 5.64. The molecule has 2 aromatic rings. The molecule has 0 aliphatic carbocycles. The van der Waals surface area contributed by atoms with Gasteiger partial charge in [-0.1, -0.05) is 36.8 Å². The Morgan fingerprint density at radius 3 is 2.69 bits per heavy atom. The number of nitrogens with zero attached hydrogens (tertiary/aromatic N) is 2. The average molecular weight is 374 g/mol. The maximum atomic E-state index is 12.6. The topological polar surface area (TPSA) is 54.5 Å². The summed E-state index contributed by atoms with van der Waals surface area (Å²) < 4.78 is 5.44. The van der Waals surface area contributed by atoms with E-state index in [4.69, 9.17) is 4.74 Å². The molecule has 0 radical (unpaired) electrons. The molecular formula is C20H27N3O2S. The van der Waals surface area contributed by atoms with Gasteiger partial charge in [-0.25, -0.2) is 4.98 Å². The maximum absolute atomic E-state index is 12.6. The fourth-order valence-corrected chi connectivity index (χ4v) is 3.82. The van der Waals surface area contributed by atoms with Gasteiger partial charge in [0, 0.05) is 25.0 Å². The number of hydrogen-bond donors (Lipinski definition) is 1. The van der Waals surface area contributed by atoms with Crippen molar-refractivity contribution in [2.45, 2.75) is 32.7 Å². The van der Waals surface area contributed by atoms with Crippen LogP contribution in [0, 0.1) is 6.92 Å². The number of ether oxygens (including phenoxy) is 1. The number of amides is 1. The summed E-state index contributed by atoms with van der Waals surface area (Å²) in [4.78, 5) is 19.5. The molecule has 1 aromatic carbocycles. The van der Waals surface area contributed by atoms with Crippen molar-refractivity contribution in [3.8, 4) is 0 Å². The molecule has 1 saturated heterocycles. The predicted octanol–water partition coefficient (Wildman–Crippen LogP) is 2.75. The summed E-state index contributed by atoms with van der Waals surface area (Å²) in [7, 11) is 0. The van der Waals surface area contributed by atoms with Gasteiger partial charge < -0.3 is 10.1 Å². The minimum Gasteiger partial charge on any atom is -0.379 e. The zero-order valence-electron chi connectivity index (χ0n) is 15.5. The zero-order valence-corrected chi connectivity index (χ0v) is 16.3. The minimum absolute atomic E-state index is 0.0227. The molecule has 0 bridgehead atoms. The van der Waals surface area contributed by atoms with Crippen LogP contribution in [0.25, 0.3) is 0 Å². The van der Waals surface area contributed by atoms with E-state index in [0.717, 1.165) is 55.5 Å². The van der Waals surface area contributed by atoms with E-state index in [1.54, 1.807) is 11.3 Å². The number of thiazole rings is 1. The van der Waals surface area contributed by atoms with Crippen molar-refractivity contribution in [1.29, 1.82) is 0 Å². The first-order valence-corrected chi connectivity index (χ1v) is 10.1. The molecule has 3 rings (SSSR count). The highest BCUT2D eigenvalue weighted by molar-refractivity contribution is 7.09. The van der Waals surface area contributed by atoms with Crippen molar-refractivity contribution in [3.05, 3.63) is 51.5 Å². The number of aryl methyl sites for hydroxylation is 2. The molecule has 0 saturated carbocycles. The van der Waals surface area contributed by atoms with Crippen LogP contribution in [0.1, 0.15) is 34.8 Å². The van der Waals surface area contributed by atoms with Crippen molar-refractivity contribution in [1.82, 2.24) is 15.2 Å². The number of benzene rings is 1. The molecular weight excluding hydrogens is 346 g/mol. The smallest absolute Gasteiger partial charge is 0.226 e. The van der Waals surface area contributed by atoms with E-state index >= 15 is 0 Å². The Morgan fingerprint density at radius 2 is 2.04 bits per heavy atom. The van der Waals surface area contributed by atoms with E-state index in [2.05, 4.69) is 53.3 Å². The van der Waals surface area contributed by atoms with E-state index in [9.17, 15) is 4.79 Å². The fourth-order valence-electron chi connectivity index (χ4n) is 3.08. The van der Waals surface area contributed by atoms with Crippen molar-refractivity contribution in [3.63, 3.8) is 0 Å². The molecule has 26 heavy (non-hydrogen) atoms. The Labute approximate surface area is 159 Å². The molecule has 1 aromatic heterocycles. The molecule has 1 amide bonds. The van der Waals surface area contributed by atoms with E-state index in [-0.39, 0.29) is 11.9 Å². The molecule has 1 fully saturated rings. The van der Waals surface area contributed by atoms with E-state index in [1.807, 2.05) is 5.38 Å². The lowest BCUT2D eigenvalue weighted by molar-refractivity contribution is -0.121. The Morgan fingerprint density at radius 1 is 1.31 bits per heavy atom. The molecule has 1 aliphatic rings. The van der Waals surface area contributed by atoms with Gasteiger partial charge in [0.05, 0.1) is 36.4 Å². The Kier molecular flexibility index (Phi) is 6.77. The summed E-state index contributed by atoms with van der Waals surface area (Å²) in [6.45, 7) is 8.29. The Balaban J connectivity index is 1.67. The number of morpholine rings is 1. The Hall–Kier alpha value is -1.76. The van der Waals surface area contributed by atoms with Gasteiger partial charge in [0.1, 0.15) is 0 Å². The highest BCUT2D eigenvalue weighted by Gasteiger charge is 2.20. The molecule has 0 spiro atoms. The van der Waals surface area contributed by atoms with Crippen molar-refractivity contribution in [2.24, 2.45) is 0 Å². The van der Waals surface area contributed by atoms with Gasteiger partial charge in [-0.2, -0.15) is 0 Å². The van der Waals surface area contributed by atoms with Crippen LogP contribution >= 0.6 is 11.3 Å². The van der Waals surface area contributed by atoms with Crippen LogP contribution < -0.4 is 5.32 Å². The predicted molar refractivity (Wildman–Crippen MR) is 105 cm³/mol. The highest BCUT2D eigenvalue weighted by Crippen LogP contribution is 2.17. The number of carbonyl (C=O) groups is 1. The highest BCUT2D eigenvalue weighted by atomic mass is 32.1. The SMILES string of the molecule is CCc1nc(CC(=O)NC(CN2CCOCC2)c2ccc(C)cc2)cs1. The van der Waals surface area contributed by atoms with Gasteiger partial charge in [0.15, 0.2) is 0 Å². The lowest BCUT2D eigenvalue weighted by Gasteiger charge is -2.31. The van der Waals surface area contributed by atoms with Crippen LogP contribution in [0.15, 0.2) is 29.6 Å². The Bertz CT molecular complexity index is 708. The molecule has 1 aliphatic heterocycles. The lowest BCUT2D eigenvalue weighted by atomic mass is 10.0. The van der Waals surface area contributed by atoms with Gasteiger partial charge in [-0.3, -0.25) is 9.69 Å². The van der Waals surface area contributed by atoms with Crippen LogP contribution in [0.5, 0.6) is 0 Å². The second kappa shape index (κ2) is 9.26. The first-order chi connectivity index (χ1) is 12.6. The number of nitrogens with one attached hydrogen (secondary N) is 1. The van der Waals surface area contributed by atoms with E-state index in [0.29, 0.717) is 6.42 Å². The lowest BCUT2D eigenvalue weighted by Crippen LogP contribution is -2.43. The number of carbonyl (C=O) groups excluding carboxylic acids is 1. The minimum atomic E-state index is -0.0227. The third-order valence-electron chi connectivity index (χ3n) is 4.60. The third kappa shape index (κ3) is 5.37. The standard InChI is InChI=1S/C20H27N3O2S/c1-3-20-21-17(14-26-20)12-19(24)22-18(13-23-8-10-25-11-9-23)16-6-4-15(2)5-7-16/h4-7,14,18H,3,8-13H2,1-2H3,(H,22,24). The largest absolute Gasteiger partial charge is 0.379 e. The van der Waals surface area contributed by atoms with Crippen LogP contribution in [-0.4, -0.2) is 48.6 Å². The van der Waals surface area contributed by atoms with Crippen molar-refractivity contribution >= 4 is 17.2 Å². The van der Waals surface area contributed by atoms with Crippen LogP contribution in [0.3, 0.4) is 0 Å². The van der Waals surface area contributed by atoms with Gasteiger partial charge in [-0.05, 0) is 18.9 Å². The quantitative estimate of drug-likeness (QED) is 0.811. The number of hydrogen-bond acceptors (Lipinski definition) is 5. The van der Waals surface area contributed by atoms with Crippen molar-refractivity contribution < 1.29 is 9.53 Å².